The second-order valence-corrected chi connectivity index (χ2v) is 9.03. The minimum absolute atomic E-state index is 0.0228. The van der Waals surface area contributed by atoms with Crippen molar-refractivity contribution in [2.75, 3.05) is 39.3 Å². The van der Waals surface area contributed by atoms with Crippen molar-refractivity contribution in [3.8, 4) is 0 Å². The van der Waals surface area contributed by atoms with Crippen LogP contribution in [0.15, 0.2) is 0 Å². The van der Waals surface area contributed by atoms with Crippen molar-refractivity contribution in [3.63, 3.8) is 0 Å². The van der Waals surface area contributed by atoms with Crippen LogP contribution in [0.2, 0.25) is 0 Å². The van der Waals surface area contributed by atoms with E-state index in [2.05, 4.69) is 0 Å². The molecule has 0 aromatic heterocycles. The minimum atomic E-state index is -0.787. The van der Waals surface area contributed by atoms with Gasteiger partial charge in [-0.1, -0.05) is 0 Å². The predicted molar refractivity (Wildman–Crippen MR) is 100 cm³/mol. The quantitative estimate of drug-likeness (QED) is 0.791. The van der Waals surface area contributed by atoms with Crippen LogP contribution < -0.4 is 0 Å². The molecule has 0 radical (unpaired) electrons. The number of hydrogen-bond acceptors (Lipinski definition) is 4. The van der Waals surface area contributed by atoms with Gasteiger partial charge in [0.05, 0.1) is 5.41 Å². The second kappa shape index (κ2) is 7.94. The molecule has 0 saturated carbocycles. The number of rotatable bonds is 2. The van der Waals surface area contributed by atoms with Crippen LogP contribution in [0, 0.1) is 11.3 Å². The molecule has 2 aliphatic rings. The summed E-state index contributed by atoms with van der Waals surface area (Å²) in [5.41, 5.74) is -1.30. The molecule has 2 saturated heterocycles. The van der Waals surface area contributed by atoms with Crippen molar-refractivity contribution >= 4 is 18.1 Å². The lowest BCUT2D eigenvalue weighted by molar-refractivity contribution is -0.151. The summed E-state index contributed by atoms with van der Waals surface area (Å²) in [7, 11) is 0. The molecular weight excluding hydrogens is 350 g/mol. The third kappa shape index (κ3) is 5.26. The molecule has 2 aliphatic heterocycles. The van der Waals surface area contributed by atoms with Crippen molar-refractivity contribution < 1.29 is 24.2 Å². The Balaban J connectivity index is 1.82. The number of carboxylic acids is 1. The fraction of sp³-hybridized carbons (Fsp3) is 0.842. The van der Waals surface area contributed by atoms with Crippen molar-refractivity contribution in [1.29, 1.82) is 0 Å². The van der Waals surface area contributed by atoms with Crippen LogP contribution in [-0.2, 0) is 9.53 Å². The van der Waals surface area contributed by atoms with Gasteiger partial charge in [-0.2, -0.15) is 0 Å². The standard InChI is InChI=1S/C19H33N3O5/c1-18(2,3)27-17(26)22-12-10-21(11-13-22)16(25)20-8-6-14(7-9-20)19(4,5)15(23)24/h14H,6-13H2,1-5H3,(H,23,24). The van der Waals surface area contributed by atoms with Gasteiger partial charge in [0.25, 0.3) is 0 Å². The summed E-state index contributed by atoms with van der Waals surface area (Å²) in [5.74, 6) is -0.714. The molecule has 0 aromatic rings. The summed E-state index contributed by atoms with van der Waals surface area (Å²) >= 11 is 0. The smallest absolute Gasteiger partial charge is 0.410 e. The molecule has 0 bridgehead atoms. The summed E-state index contributed by atoms with van der Waals surface area (Å²) in [4.78, 5) is 41.5. The van der Waals surface area contributed by atoms with Crippen molar-refractivity contribution in [2.45, 2.75) is 53.1 Å². The number of urea groups is 1. The Morgan fingerprint density at radius 2 is 1.26 bits per heavy atom. The normalized spacial score (nSPS) is 19.8. The zero-order valence-electron chi connectivity index (χ0n) is 17.2. The van der Waals surface area contributed by atoms with Crippen molar-refractivity contribution in [2.24, 2.45) is 11.3 Å². The number of piperidine rings is 1. The first kappa shape index (κ1) is 21.3. The van der Waals surface area contributed by atoms with Gasteiger partial charge in [-0.25, -0.2) is 9.59 Å². The summed E-state index contributed by atoms with van der Waals surface area (Å²) < 4.78 is 5.38. The maximum atomic E-state index is 12.7. The monoisotopic (exact) mass is 383 g/mol. The first-order valence-electron chi connectivity index (χ1n) is 9.67. The molecular formula is C19H33N3O5. The fourth-order valence-electron chi connectivity index (χ4n) is 3.57. The largest absolute Gasteiger partial charge is 0.481 e. The van der Waals surface area contributed by atoms with Gasteiger partial charge < -0.3 is 24.5 Å². The number of nitrogens with zero attached hydrogens (tertiary/aromatic N) is 3. The van der Waals surface area contributed by atoms with Crippen LogP contribution >= 0.6 is 0 Å². The molecule has 0 atom stereocenters. The van der Waals surface area contributed by atoms with Crippen LogP contribution in [-0.4, -0.2) is 82.8 Å². The van der Waals surface area contributed by atoms with E-state index in [0.717, 1.165) is 0 Å². The lowest BCUT2D eigenvalue weighted by Crippen LogP contribution is -2.56. The molecule has 0 unspecified atom stereocenters. The molecule has 0 aliphatic carbocycles. The molecule has 0 spiro atoms. The van der Waals surface area contributed by atoms with Crippen LogP contribution in [0.5, 0.6) is 0 Å². The molecule has 8 nitrogen and oxygen atoms in total. The third-order valence-corrected chi connectivity index (χ3v) is 5.54. The van der Waals surface area contributed by atoms with Gasteiger partial charge in [-0.05, 0) is 53.4 Å². The Bertz CT molecular complexity index is 568. The van der Waals surface area contributed by atoms with E-state index in [1.807, 2.05) is 20.8 Å². The Hall–Kier alpha value is -1.99. The number of carboxylic acid groups (broad SMARTS) is 1. The molecule has 8 heteroatoms. The lowest BCUT2D eigenvalue weighted by Gasteiger charge is -2.42. The lowest BCUT2D eigenvalue weighted by atomic mass is 9.74. The van der Waals surface area contributed by atoms with E-state index in [1.165, 1.54) is 0 Å². The van der Waals surface area contributed by atoms with Gasteiger partial charge in [0.2, 0.25) is 0 Å². The van der Waals surface area contributed by atoms with E-state index >= 15 is 0 Å². The molecule has 154 valence electrons. The average Bonchev–Trinajstić information content (AvgIpc) is 2.59. The van der Waals surface area contributed by atoms with Crippen LogP contribution in [0.3, 0.4) is 0 Å². The highest BCUT2D eigenvalue weighted by molar-refractivity contribution is 5.76. The maximum absolute atomic E-state index is 12.7. The molecule has 1 N–H and O–H groups in total. The molecule has 2 fully saturated rings. The van der Waals surface area contributed by atoms with E-state index in [0.29, 0.717) is 52.1 Å². The van der Waals surface area contributed by atoms with Crippen molar-refractivity contribution in [1.82, 2.24) is 14.7 Å². The number of piperazine rings is 1. The molecule has 2 rings (SSSR count). The Kier molecular flexibility index (Phi) is 6.27. The highest BCUT2D eigenvalue weighted by Gasteiger charge is 2.40. The summed E-state index contributed by atoms with van der Waals surface area (Å²) in [6, 6.07) is -0.0228. The summed E-state index contributed by atoms with van der Waals surface area (Å²) in [6.45, 7) is 12.1. The Labute approximate surface area is 161 Å². The SMILES string of the molecule is CC(C)(C)OC(=O)N1CCN(C(=O)N2CCC(C(C)(C)C(=O)O)CC2)CC1. The molecule has 0 aromatic carbocycles. The van der Waals surface area contributed by atoms with Gasteiger partial charge in [-0.15, -0.1) is 0 Å². The van der Waals surface area contributed by atoms with E-state index in [1.54, 1.807) is 28.5 Å². The molecule has 2 heterocycles. The number of aliphatic carboxylic acids is 1. The number of ether oxygens (including phenoxy) is 1. The highest BCUT2D eigenvalue weighted by atomic mass is 16.6. The van der Waals surface area contributed by atoms with Gasteiger partial charge >= 0.3 is 18.1 Å². The van der Waals surface area contributed by atoms with Gasteiger partial charge in [0, 0.05) is 39.3 Å². The van der Waals surface area contributed by atoms with Crippen LogP contribution in [0.25, 0.3) is 0 Å². The molecule has 3 amide bonds. The molecule has 27 heavy (non-hydrogen) atoms. The summed E-state index contributed by atoms with van der Waals surface area (Å²) in [5, 5.41) is 9.38. The first-order chi connectivity index (χ1) is 12.4. The van der Waals surface area contributed by atoms with Gasteiger partial charge in [-0.3, -0.25) is 4.79 Å². The Morgan fingerprint density at radius 1 is 0.815 bits per heavy atom. The average molecular weight is 383 g/mol. The minimum Gasteiger partial charge on any atom is -0.481 e. The number of hydrogen-bond donors (Lipinski definition) is 1. The zero-order chi connectivity index (χ0) is 20.4. The van der Waals surface area contributed by atoms with Gasteiger partial charge in [0.15, 0.2) is 0 Å². The van der Waals surface area contributed by atoms with Gasteiger partial charge in [0.1, 0.15) is 5.60 Å². The zero-order valence-corrected chi connectivity index (χ0v) is 17.2. The van der Waals surface area contributed by atoms with Crippen LogP contribution in [0.1, 0.15) is 47.5 Å². The van der Waals surface area contributed by atoms with Crippen molar-refractivity contribution in [3.05, 3.63) is 0 Å². The van der Waals surface area contributed by atoms with E-state index in [4.69, 9.17) is 4.74 Å². The summed E-state index contributed by atoms with van der Waals surface area (Å²) in [6.07, 6.45) is 1.05. The second-order valence-electron chi connectivity index (χ2n) is 9.03. The van der Waals surface area contributed by atoms with E-state index in [9.17, 15) is 19.5 Å². The van der Waals surface area contributed by atoms with E-state index in [-0.39, 0.29) is 18.0 Å². The first-order valence-corrected chi connectivity index (χ1v) is 9.67. The number of carbonyl (C=O) groups is 3. The van der Waals surface area contributed by atoms with Crippen LogP contribution in [0.4, 0.5) is 9.59 Å². The predicted octanol–water partition coefficient (Wildman–Crippen LogP) is 2.48. The number of likely N-dealkylation sites (tertiary alicyclic amines) is 1. The van der Waals surface area contributed by atoms with E-state index < -0.39 is 17.0 Å². The highest BCUT2D eigenvalue weighted by Crippen LogP contribution is 2.35. The number of amides is 3. The Morgan fingerprint density at radius 3 is 1.70 bits per heavy atom. The topological polar surface area (TPSA) is 90.4 Å². The fourth-order valence-corrected chi connectivity index (χ4v) is 3.57. The maximum Gasteiger partial charge on any atom is 0.410 e. The number of carbonyl (C=O) groups excluding carboxylic acids is 2. The third-order valence-electron chi connectivity index (χ3n) is 5.54.